The van der Waals surface area contributed by atoms with E-state index in [0.717, 1.165) is 17.1 Å². The molecule has 4 aromatic rings. The second kappa shape index (κ2) is 8.54. The van der Waals surface area contributed by atoms with E-state index in [2.05, 4.69) is 15.5 Å². The maximum Gasteiger partial charge on any atom is 0.358 e. The molecule has 9 heteroatoms. The Balaban J connectivity index is 1.53. The first-order valence-electron chi connectivity index (χ1n) is 10.2. The Morgan fingerprint density at radius 3 is 2.38 bits per heavy atom. The first-order valence-corrected chi connectivity index (χ1v) is 10.2. The Morgan fingerprint density at radius 2 is 1.72 bits per heavy atom. The molecule has 3 heterocycles. The van der Waals surface area contributed by atoms with Crippen molar-refractivity contribution in [2.75, 3.05) is 11.9 Å². The van der Waals surface area contributed by atoms with Gasteiger partial charge in [-0.05, 0) is 63.2 Å². The largest absolute Gasteiger partial charge is 0.461 e. The molecule has 0 bridgehead atoms. The van der Waals surface area contributed by atoms with Crippen molar-refractivity contribution < 1.29 is 14.3 Å². The molecule has 164 valence electrons. The van der Waals surface area contributed by atoms with Gasteiger partial charge in [-0.25, -0.2) is 9.48 Å². The van der Waals surface area contributed by atoms with Crippen LogP contribution in [0.5, 0.6) is 0 Å². The molecule has 1 N–H and O–H groups in total. The van der Waals surface area contributed by atoms with Crippen LogP contribution in [0, 0.1) is 13.8 Å². The lowest BCUT2D eigenvalue weighted by Crippen LogP contribution is -2.16. The van der Waals surface area contributed by atoms with Crippen LogP contribution < -0.4 is 5.32 Å². The summed E-state index contributed by atoms with van der Waals surface area (Å²) in [5, 5.41) is 11.4. The van der Waals surface area contributed by atoms with Crippen molar-refractivity contribution in [3.05, 3.63) is 77.5 Å². The summed E-state index contributed by atoms with van der Waals surface area (Å²) in [5.41, 5.74) is 4.14. The fourth-order valence-corrected chi connectivity index (χ4v) is 3.54. The Kier molecular flexibility index (Phi) is 5.63. The normalized spacial score (nSPS) is 10.9. The summed E-state index contributed by atoms with van der Waals surface area (Å²) < 4.78 is 10.2. The lowest BCUT2D eigenvalue weighted by molar-refractivity contribution is 0.0519. The zero-order valence-electron chi connectivity index (χ0n) is 18.4. The molecule has 0 spiro atoms. The van der Waals surface area contributed by atoms with Gasteiger partial charge in [-0.3, -0.25) is 9.48 Å². The molecule has 9 nitrogen and oxygen atoms in total. The fourth-order valence-electron chi connectivity index (χ4n) is 3.54. The van der Waals surface area contributed by atoms with Crippen molar-refractivity contribution in [1.29, 1.82) is 0 Å². The van der Waals surface area contributed by atoms with E-state index in [-0.39, 0.29) is 11.6 Å². The molecule has 32 heavy (non-hydrogen) atoms. The number of benzene rings is 1. The summed E-state index contributed by atoms with van der Waals surface area (Å²) in [6.45, 7) is 6.02. The number of hydrogen-bond donors (Lipinski definition) is 1. The van der Waals surface area contributed by atoms with Gasteiger partial charge >= 0.3 is 5.97 Å². The molecule has 0 aliphatic carbocycles. The number of carbonyl (C=O) groups is 2. The molecule has 0 atom stereocenters. The molecule has 1 amide bonds. The van der Waals surface area contributed by atoms with Crippen molar-refractivity contribution in [3.8, 4) is 11.5 Å². The standard InChI is InChI=1S/C23H24N6O3/c1-5-32-23(31)20-12-13-28(26-20)18-10-8-17(9-11-18)25-21(30)19-14-24-27(4)22(19)29-15(2)6-7-16(29)3/h6-14H,5H2,1-4H3,(H,25,30). The van der Waals surface area contributed by atoms with Crippen LogP contribution in [0.15, 0.2) is 54.9 Å². The molecule has 0 saturated heterocycles. The van der Waals surface area contributed by atoms with E-state index in [4.69, 9.17) is 4.74 Å². The highest BCUT2D eigenvalue weighted by molar-refractivity contribution is 6.06. The van der Waals surface area contributed by atoms with Crippen molar-refractivity contribution in [2.45, 2.75) is 20.8 Å². The molecule has 0 saturated carbocycles. The third kappa shape index (κ3) is 3.92. The molecule has 1 aromatic carbocycles. The van der Waals surface area contributed by atoms with Gasteiger partial charge in [0.2, 0.25) is 0 Å². The van der Waals surface area contributed by atoms with Crippen LogP contribution in [0.2, 0.25) is 0 Å². The highest BCUT2D eigenvalue weighted by Crippen LogP contribution is 2.21. The minimum Gasteiger partial charge on any atom is -0.461 e. The maximum absolute atomic E-state index is 13.0. The van der Waals surface area contributed by atoms with Crippen molar-refractivity contribution in [1.82, 2.24) is 24.1 Å². The predicted octanol–water partition coefficient (Wildman–Crippen LogP) is 3.44. The molecule has 4 rings (SSSR count). The van der Waals surface area contributed by atoms with Crippen LogP contribution in [-0.2, 0) is 11.8 Å². The monoisotopic (exact) mass is 432 g/mol. The van der Waals surface area contributed by atoms with Crippen LogP contribution >= 0.6 is 0 Å². The lowest BCUT2D eigenvalue weighted by atomic mass is 10.2. The molecule has 3 aromatic heterocycles. The minimum absolute atomic E-state index is 0.240. The van der Waals surface area contributed by atoms with E-state index in [0.29, 0.717) is 23.7 Å². The molecule has 0 radical (unpaired) electrons. The highest BCUT2D eigenvalue weighted by Gasteiger charge is 2.20. The average molecular weight is 432 g/mol. The van der Waals surface area contributed by atoms with Crippen molar-refractivity contribution >= 4 is 17.6 Å². The van der Waals surface area contributed by atoms with E-state index in [1.54, 1.807) is 46.9 Å². The third-order valence-electron chi connectivity index (χ3n) is 5.10. The Morgan fingerprint density at radius 1 is 1.03 bits per heavy atom. The van der Waals surface area contributed by atoms with Gasteiger partial charge in [-0.2, -0.15) is 10.2 Å². The number of ether oxygens (including phenoxy) is 1. The van der Waals surface area contributed by atoms with Crippen LogP contribution in [0.4, 0.5) is 5.69 Å². The Hall–Kier alpha value is -4.14. The quantitative estimate of drug-likeness (QED) is 0.471. The van der Waals surface area contributed by atoms with Gasteiger partial charge in [-0.1, -0.05) is 0 Å². The fraction of sp³-hybridized carbons (Fsp3) is 0.217. The summed E-state index contributed by atoms with van der Waals surface area (Å²) in [5.74, 6) is -0.00485. The number of aryl methyl sites for hydroxylation is 3. The number of rotatable bonds is 6. The zero-order valence-corrected chi connectivity index (χ0v) is 18.4. The van der Waals surface area contributed by atoms with Gasteiger partial charge in [0.25, 0.3) is 5.91 Å². The molecular weight excluding hydrogens is 408 g/mol. The number of esters is 1. The Labute approximate surface area is 185 Å². The molecule has 0 aliphatic rings. The van der Waals surface area contributed by atoms with E-state index < -0.39 is 5.97 Å². The minimum atomic E-state index is -0.462. The number of nitrogens with zero attached hydrogens (tertiary/aromatic N) is 5. The van der Waals surface area contributed by atoms with Crippen LogP contribution in [0.3, 0.4) is 0 Å². The number of hydrogen-bond acceptors (Lipinski definition) is 5. The van der Waals surface area contributed by atoms with Crippen molar-refractivity contribution in [2.24, 2.45) is 7.05 Å². The maximum atomic E-state index is 13.0. The van der Waals surface area contributed by atoms with Crippen LogP contribution in [0.25, 0.3) is 11.5 Å². The molecule has 0 aliphatic heterocycles. The molecule has 0 unspecified atom stereocenters. The summed E-state index contributed by atoms with van der Waals surface area (Å²) in [6.07, 6.45) is 3.25. The van der Waals surface area contributed by atoms with Gasteiger partial charge in [0.1, 0.15) is 11.4 Å². The van der Waals surface area contributed by atoms with E-state index in [9.17, 15) is 9.59 Å². The lowest BCUT2D eigenvalue weighted by Gasteiger charge is -2.13. The molecular formula is C23H24N6O3. The average Bonchev–Trinajstić information content (AvgIpc) is 3.48. The van der Waals surface area contributed by atoms with Gasteiger partial charge in [-0.15, -0.1) is 0 Å². The number of aromatic nitrogens is 5. The summed E-state index contributed by atoms with van der Waals surface area (Å²) in [4.78, 5) is 24.8. The summed E-state index contributed by atoms with van der Waals surface area (Å²) in [6, 6.07) is 12.8. The smallest absolute Gasteiger partial charge is 0.358 e. The van der Waals surface area contributed by atoms with Gasteiger partial charge < -0.3 is 14.6 Å². The second-order valence-electron chi connectivity index (χ2n) is 7.32. The SMILES string of the molecule is CCOC(=O)c1ccn(-c2ccc(NC(=O)c3cnn(C)c3-n3c(C)ccc3C)cc2)n1. The summed E-state index contributed by atoms with van der Waals surface area (Å²) >= 11 is 0. The first kappa shape index (κ1) is 21.1. The number of amides is 1. The van der Waals surface area contributed by atoms with E-state index >= 15 is 0 Å². The molecule has 0 fully saturated rings. The zero-order chi connectivity index (χ0) is 22.8. The van der Waals surface area contributed by atoms with Crippen LogP contribution in [-0.4, -0.2) is 42.6 Å². The summed E-state index contributed by atoms with van der Waals surface area (Å²) in [7, 11) is 1.81. The third-order valence-corrected chi connectivity index (χ3v) is 5.10. The number of nitrogens with one attached hydrogen (secondary N) is 1. The number of anilines is 1. The van der Waals surface area contributed by atoms with E-state index in [1.165, 1.54) is 0 Å². The second-order valence-corrected chi connectivity index (χ2v) is 7.32. The predicted molar refractivity (Wildman–Crippen MR) is 119 cm³/mol. The highest BCUT2D eigenvalue weighted by atomic mass is 16.5. The van der Waals surface area contributed by atoms with Crippen molar-refractivity contribution in [3.63, 3.8) is 0 Å². The van der Waals surface area contributed by atoms with Crippen LogP contribution in [0.1, 0.15) is 39.2 Å². The first-order chi connectivity index (χ1) is 15.4. The number of carbonyl (C=O) groups excluding carboxylic acids is 2. The topological polar surface area (TPSA) is 96.0 Å². The van der Waals surface area contributed by atoms with E-state index in [1.807, 2.05) is 49.7 Å². The van der Waals surface area contributed by atoms with Gasteiger partial charge in [0.15, 0.2) is 5.69 Å². The Bertz CT molecular complexity index is 1260. The van der Waals surface area contributed by atoms with Gasteiger partial charge in [0, 0.05) is 30.3 Å². The van der Waals surface area contributed by atoms with Gasteiger partial charge in [0.05, 0.1) is 18.5 Å².